The first-order chi connectivity index (χ1) is 63.5. The lowest BCUT2D eigenvalue weighted by Gasteiger charge is -2.52. The van der Waals surface area contributed by atoms with Gasteiger partial charge in [0.05, 0.1) is 73.9 Å². The molecule has 4 fully saturated rings. The van der Waals surface area contributed by atoms with Crippen molar-refractivity contribution in [3.63, 3.8) is 0 Å². The number of rotatable bonds is 38. The van der Waals surface area contributed by atoms with E-state index in [9.17, 15) is 56.4 Å². The minimum atomic E-state index is -5.56. The topological polar surface area (TPSA) is 542 Å². The summed E-state index contributed by atoms with van der Waals surface area (Å²) in [7, 11) is -5.56. The zero-order valence-corrected chi connectivity index (χ0v) is 82.6. The number of carbonyl (C=O) groups excluding carboxylic acids is 10. The van der Waals surface area contributed by atoms with Gasteiger partial charge in [-0.25, -0.2) is 47.5 Å². The fraction of sp³-hybridized carbons (Fsp3) is 0.581. The molecule has 137 heavy (non-hydrogen) atoms. The number of benzene rings is 2. The largest absolute Gasteiger partial charge is 0.489 e. The van der Waals surface area contributed by atoms with Crippen LogP contribution in [-0.2, 0) is 112 Å². The molecule has 2 aromatic carbocycles. The van der Waals surface area contributed by atoms with E-state index in [-0.39, 0.29) is 85.5 Å². The Labute approximate surface area is 796 Å². The molecular formula is C86H116F2N22O24S3+2. The van der Waals surface area contributed by atoms with Gasteiger partial charge in [-0.2, -0.15) is 27.9 Å². The van der Waals surface area contributed by atoms with Crippen molar-refractivity contribution in [2.45, 2.75) is 272 Å². The van der Waals surface area contributed by atoms with E-state index in [2.05, 4.69) is 61.6 Å². The third-order valence-corrected chi connectivity index (χ3v) is 21.9. The van der Waals surface area contributed by atoms with Crippen molar-refractivity contribution < 1.29 is 131 Å². The number of hydrogen-bond acceptors (Lipinski definition) is 32. The Morgan fingerprint density at radius 2 is 0.839 bits per heavy atom. The fourth-order valence-corrected chi connectivity index (χ4v) is 15.9. The molecule has 0 saturated carbocycles. The molecule has 10 rings (SSSR count). The third kappa shape index (κ3) is 29.5. The van der Waals surface area contributed by atoms with Gasteiger partial charge in [0.15, 0.2) is 21.7 Å². The Bertz CT molecular complexity index is 5420. The van der Waals surface area contributed by atoms with E-state index in [1.165, 1.54) is 48.3 Å². The van der Waals surface area contributed by atoms with Crippen molar-refractivity contribution in [2.24, 2.45) is 20.5 Å². The summed E-state index contributed by atoms with van der Waals surface area (Å²) in [5, 5.41) is 28.2. The average Bonchev–Trinajstić information content (AvgIpc) is 1.19. The second kappa shape index (κ2) is 41.9. The first-order valence-corrected chi connectivity index (χ1v) is 46.4. The van der Waals surface area contributed by atoms with E-state index in [4.69, 9.17) is 67.2 Å². The van der Waals surface area contributed by atoms with Gasteiger partial charge in [-0.05, 0) is 212 Å². The number of amides is 8. The minimum absolute atomic E-state index is 0.128. The van der Waals surface area contributed by atoms with Crippen LogP contribution in [0.25, 0.3) is 43.1 Å². The maximum absolute atomic E-state index is 16.3. The maximum atomic E-state index is 16.3. The standard InChI is InChI=1S/C86H114F2N22O24S3/c1-77(2,3)125-69(115)59(41-123-55-29-25-51(26-30-55)53-37-105(35-23-33-91-101-89)107(39-53)49-85(87)45-103(46-85)75(119)129-81(13,14)15)131-99-61(57-43-135-71(93-57)97-73(117)127-79(7,8)9)65(111)95-63-67(113)109(83(63,19)20)133-137(121,122)134-110-68(114)64(84(110,21)22)96-66(112)62(58-44-136-72(94-58)98-74(118)128-80(10,11)12)100-132-60(70(116)126-78(4,5)6)42-124-56-31-27-52(28-32-56)54-38-106(36-24-34-92-102-90)108(40-54)50-86(88)47-104(48-86)76(120)130-82(16,17)18/h25-32,37-40,43-44,59-60,63-64H,23-24,33-36,41-42,45-50H2,1-22H3,(H2-2,93,94,95,96,97,98,111,112,117,118)/p+2/b99-61-,100-62-/t59-,60-,63+,64+/m0/s1. The van der Waals surface area contributed by atoms with E-state index in [0.29, 0.717) is 58.3 Å². The molecule has 4 saturated heterocycles. The van der Waals surface area contributed by atoms with Gasteiger partial charge in [-0.3, -0.25) is 29.8 Å². The number of alkyl halides is 2. The second-order valence-electron chi connectivity index (χ2n) is 39.6. The molecule has 51 heteroatoms. The van der Waals surface area contributed by atoms with E-state index in [1.807, 2.05) is 0 Å². The summed E-state index contributed by atoms with van der Waals surface area (Å²) in [4.78, 5) is 166. The monoisotopic (exact) mass is 1970 g/mol. The van der Waals surface area contributed by atoms with Crippen molar-refractivity contribution in [3.05, 3.63) is 116 Å². The fourth-order valence-electron chi connectivity index (χ4n) is 13.6. The lowest BCUT2D eigenvalue weighted by molar-refractivity contribution is -0.785. The van der Waals surface area contributed by atoms with E-state index in [0.717, 1.165) is 22.7 Å². The van der Waals surface area contributed by atoms with Crippen molar-refractivity contribution >= 4 is 115 Å². The predicted molar refractivity (Wildman–Crippen MR) is 487 cm³/mol. The molecule has 4 atom stereocenters. The number of halogens is 2. The zero-order valence-electron chi connectivity index (χ0n) is 80.1. The lowest BCUT2D eigenvalue weighted by atomic mass is 9.84. The molecule has 4 aliphatic heterocycles. The summed E-state index contributed by atoms with van der Waals surface area (Å²) < 4.78 is 123. The SMILES string of the molecule is CC(C)(C)OC(=O)Nc1nc(/C(=N/O[C@@H](COc2ccc(-c3cn(CCCN=[N+]=[N-])[n+](CC4(F)CN(C(=O)OC(C)(C)C)C4)c3)cc2)C(=O)OC(C)(C)C)C(=O)N[C@@H]2C(=O)N(OS(=O)(=O)ON3C(=O)[C@@H](NC(=O)/C(=N\O[C@@H](COc4ccc(-c5cn(CCCN=[N+]=[N-])[n+](CC6(F)CN(C(=O)OC(C)(C)C)C6)c5)cc4)C(=O)OC(C)(C)C)c4csc(NC(=O)OC(C)(C)C)n4)C3(C)C)C2(C)C)cs1. The third-order valence-electron chi connectivity index (χ3n) is 19.8. The molecule has 8 amide bonds. The van der Waals surface area contributed by atoms with Crippen LogP contribution in [0, 0.1) is 0 Å². The van der Waals surface area contributed by atoms with Crippen molar-refractivity contribution in [2.75, 3.05) is 63.1 Å². The molecule has 6 aromatic rings. The van der Waals surface area contributed by atoms with Crippen molar-refractivity contribution in [3.8, 4) is 33.8 Å². The van der Waals surface area contributed by atoms with Crippen LogP contribution in [0.4, 0.5) is 38.2 Å². The molecule has 0 radical (unpaired) electrons. The number of nitrogens with zero attached hydrogens (tertiary/aromatic N) is 18. The van der Waals surface area contributed by atoms with Crippen LogP contribution in [0.15, 0.2) is 105 Å². The van der Waals surface area contributed by atoms with Crippen LogP contribution >= 0.6 is 22.7 Å². The number of hydroxylamine groups is 4. The quantitative estimate of drug-likeness (QED) is 0.00267. The number of azide groups is 2. The number of esters is 2. The van der Waals surface area contributed by atoms with Gasteiger partial charge in [-0.15, -0.1) is 40.6 Å². The highest BCUT2D eigenvalue weighted by Crippen LogP contribution is 2.39. The number of aromatic nitrogens is 6. The number of nitrogens with one attached hydrogen (secondary N) is 4. The molecular weight excluding hydrogens is 1860 g/mol. The summed E-state index contributed by atoms with van der Waals surface area (Å²) in [5.74, 6) is -6.60. The number of likely N-dealkylation sites (tertiary alicyclic amines) is 2. The molecule has 4 aliphatic rings. The highest BCUT2D eigenvalue weighted by molar-refractivity contribution is 7.81. The molecule has 744 valence electrons. The summed E-state index contributed by atoms with van der Waals surface area (Å²) >= 11 is 1.60. The van der Waals surface area contributed by atoms with E-state index in [1.54, 1.807) is 217 Å². The number of thiazole rings is 2. The van der Waals surface area contributed by atoms with Gasteiger partial charge in [-0.1, -0.05) is 44.8 Å². The molecule has 0 bridgehead atoms. The highest BCUT2D eigenvalue weighted by atomic mass is 32.3. The Morgan fingerprint density at radius 3 is 1.15 bits per heavy atom. The molecule has 0 aliphatic carbocycles. The summed E-state index contributed by atoms with van der Waals surface area (Å²) in [6.07, 6.45) is 1.13. The van der Waals surface area contributed by atoms with Crippen molar-refractivity contribution in [1.29, 1.82) is 0 Å². The maximum Gasteiger partial charge on any atom is 0.442 e. The molecule has 8 heterocycles. The Kier molecular flexibility index (Phi) is 32.4. The zero-order chi connectivity index (χ0) is 101. The van der Waals surface area contributed by atoms with Crippen LogP contribution < -0.4 is 40.1 Å². The first kappa shape index (κ1) is 106. The van der Waals surface area contributed by atoms with Crippen LogP contribution in [0.1, 0.15) is 177 Å². The lowest BCUT2D eigenvalue weighted by Crippen LogP contribution is -2.78. The van der Waals surface area contributed by atoms with Crippen LogP contribution in [0.5, 0.6) is 11.5 Å². The number of oxime groups is 2. The minimum Gasteiger partial charge on any atom is -0.489 e. The number of carbonyl (C=O) groups is 10. The molecule has 0 spiro atoms. The highest BCUT2D eigenvalue weighted by Gasteiger charge is 2.62. The van der Waals surface area contributed by atoms with Gasteiger partial charge in [0.2, 0.25) is 36.8 Å². The summed E-state index contributed by atoms with van der Waals surface area (Å²) in [6.45, 7) is 33.1. The number of aryl methyl sites for hydroxylation is 2. The molecule has 46 nitrogen and oxygen atoms in total. The van der Waals surface area contributed by atoms with Gasteiger partial charge < -0.3 is 68.0 Å². The van der Waals surface area contributed by atoms with Gasteiger partial charge in [0, 0.05) is 33.7 Å². The number of hydrogen-bond donors (Lipinski definition) is 4. The second-order valence-corrected chi connectivity index (χ2v) is 42.4. The van der Waals surface area contributed by atoms with E-state index >= 15 is 8.78 Å². The van der Waals surface area contributed by atoms with Gasteiger partial charge >= 0.3 is 46.7 Å². The number of ether oxygens (including phenoxy) is 8. The smallest absolute Gasteiger partial charge is 0.442 e. The normalized spacial score (nSPS) is 17.4. The summed E-state index contributed by atoms with van der Waals surface area (Å²) in [6, 6.07) is 9.66. The average molecular weight is 1980 g/mol. The Hall–Kier alpha value is -13.1. The van der Waals surface area contributed by atoms with Gasteiger partial charge in [0.25, 0.3) is 35.8 Å². The van der Waals surface area contributed by atoms with Crippen molar-refractivity contribution in [1.82, 2.24) is 49.9 Å². The van der Waals surface area contributed by atoms with E-state index < -0.39 is 175 Å². The number of β-lactam (4-membered cyclic amide) rings is 2. The first-order valence-electron chi connectivity index (χ1n) is 43.3. The molecule has 4 aromatic heterocycles. The summed E-state index contributed by atoms with van der Waals surface area (Å²) in [5.41, 5.74) is 5.27. The predicted octanol–water partition coefficient (Wildman–Crippen LogP) is 11.2. The Morgan fingerprint density at radius 1 is 0.511 bits per heavy atom. The molecule has 4 N–H and O–H groups in total. The van der Waals surface area contributed by atoms with Crippen LogP contribution in [-0.4, -0.2) is 252 Å². The van der Waals surface area contributed by atoms with Crippen LogP contribution in [0.3, 0.4) is 0 Å². The van der Waals surface area contributed by atoms with Crippen LogP contribution in [0.2, 0.25) is 0 Å². The number of anilines is 2. The molecule has 0 unspecified atom stereocenters. The van der Waals surface area contributed by atoms with Gasteiger partial charge in [0.1, 0.15) is 81.8 Å². The Balaban J connectivity index is 0.826.